The van der Waals surface area contributed by atoms with E-state index in [1.807, 2.05) is 19.1 Å². The molecule has 3 rings (SSSR count). The minimum atomic E-state index is -1.08. The molecule has 2 N–H and O–H groups in total. The number of ether oxygens (including phenoxy) is 1. The molecule has 1 aliphatic heterocycles. The van der Waals surface area contributed by atoms with Crippen LogP contribution in [0.4, 0.5) is 5.69 Å². The first-order valence-electron chi connectivity index (χ1n) is 8.74. The third-order valence-corrected chi connectivity index (χ3v) is 4.53. The van der Waals surface area contributed by atoms with Crippen LogP contribution >= 0.6 is 12.2 Å². The Kier molecular flexibility index (Phi) is 5.74. The fraction of sp³-hybridized carbons (Fsp3) is 0.143. The lowest BCUT2D eigenvalue weighted by Crippen LogP contribution is -2.54. The molecule has 8 heteroatoms. The van der Waals surface area contributed by atoms with Crippen molar-refractivity contribution in [2.45, 2.75) is 20.0 Å². The van der Waals surface area contributed by atoms with E-state index in [4.69, 9.17) is 22.1 Å². The maximum atomic E-state index is 12.9. The predicted octanol–water partition coefficient (Wildman–Crippen LogP) is 2.68. The molecule has 0 spiro atoms. The van der Waals surface area contributed by atoms with Gasteiger partial charge in [-0.1, -0.05) is 29.8 Å². The average Bonchev–Trinajstić information content (AvgIpc) is 2.67. The molecule has 148 valence electrons. The second kappa shape index (κ2) is 8.24. The summed E-state index contributed by atoms with van der Waals surface area (Å²) in [6.45, 7) is 3.35. The summed E-state index contributed by atoms with van der Waals surface area (Å²) in [6.07, 6.45) is 0.458. The number of amides is 2. The van der Waals surface area contributed by atoms with Crippen LogP contribution in [0.25, 0.3) is 6.08 Å². The maximum Gasteiger partial charge on any atom is 0.344 e. The van der Waals surface area contributed by atoms with Crippen molar-refractivity contribution in [3.8, 4) is 5.75 Å². The summed E-state index contributed by atoms with van der Waals surface area (Å²) in [6, 6.07) is 13.6. The van der Waals surface area contributed by atoms with Crippen LogP contribution < -0.4 is 15.0 Å². The number of anilines is 1. The standard InChI is InChI=1S/C21H18N2O5S/c1-12-3-7-15(8-4-12)23-19(25)17(18(24)22-21(23)29)11-14-5-9-16(10-6-14)28-13(2)20(26)27/h3-11,13H,1-2H3,(H,26,27)(H,22,24,29)/b17-11+/t13-/m1/s1. The van der Waals surface area contributed by atoms with Gasteiger partial charge in [0.05, 0.1) is 5.69 Å². The van der Waals surface area contributed by atoms with Gasteiger partial charge in [0.2, 0.25) is 0 Å². The van der Waals surface area contributed by atoms with Crippen LogP contribution in [0.5, 0.6) is 5.75 Å². The Bertz CT molecular complexity index is 1010. The molecule has 2 amide bonds. The number of aliphatic carboxylic acids is 1. The third-order valence-electron chi connectivity index (χ3n) is 4.25. The first kappa shape index (κ1) is 20.2. The van der Waals surface area contributed by atoms with Crippen molar-refractivity contribution in [1.29, 1.82) is 0 Å². The Hall–Kier alpha value is -3.52. The third kappa shape index (κ3) is 4.49. The minimum absolute atomic E-state index is 0.0207. The van der Waals surface area contributed by atoms with Crippen molar-refractivity contribution in [2.24, 2.45) is 0 Å². The summed E-state index contributed by atoms with van der Waals surface area (Å²) >= 11 is 5.17. The summed E-state index contributed by atoms with van der Waals surface area (Å²) in [7, 11) is 0. The number of aryl methyl sites for hydroxylation is 1. The molecule has 0 unspecified atom stereocenters. The van der Waals surface area contributed by atoms with Crippen molar-refractivity contribution in [3.05, 3.63) is 65.2 Å². The molecule has 1 heterocycles. The fourth-order valence-electron chi connectivity index (χ4n) is 2.65. The zero-order valence-electron chi connectivity index (χ0n) is 15.7. The average molecular weight is 410 g/mol. The topological polar surface area (TPSA) is 95.9 Å². The largest absolute Gasteiger partial charge is 0.479 e. The highest BCUT2D eigenvalue weighted by Crippen LogP contribution is 2.23. The number of carboxylic acids is 1. The van der Waals surface area contributed by atoms with E-state index in [1.165, 1.54) is 17.9 Å². The molecule has 1 atom stereocenters. The second-order valence-corrected chi connectivity index (χ2v) is 6.85. The van der Waals surface area contributed by atoms with Gasteiger partial charge in [0.15, 0.2) is 11.2 Å². The van der Waals surface area contributed by atoms with Gasteiger partial charge in [0.1, 0.15) is 11.3 Å². The molecule has 0 saturated carbocycles. The van der Waals surface area contributed by atoms with E-state index in [2.05, 4.69) is 5.32 Å². The lowest BCUT2D eigenvalue weighted by atomic mass is 10.1. The van der Waals surface area contributed by atoms with Crippen molar-refractivity contribution in [2.75, 3.05) is 4.90 Å². The van der Waals surface area contributed by atoms with Gasteiger partial charge in [0, 0.05) is 0 Å². The molecule has 7 nitrogen and oxygen atoms in total. The Morgan fingerprint density at radius 2 is 1.76 bits per heavy atom. The highest BCUT2D eigenvalue weighted by atomic mass is 32.1. The fourth-order valence-corrected chi connectivity index (χ4v) is 2.93. The molecule has 2 aromatic carbocycles. The lowest BCUT2D eigenvalue weighted by Gasteiger charge is -2.29. The number of thiocarbonyl (C=S) groups is 1. The van der Waals surface area contributed by atoms with Gasteiger partial charge in [-0.15, -0.1) is 0 Å². The molecule has 29 heavy (non-hydrogen) atoms. The first-order chi connectivity index (χ1) is 13.8. The summed E-state index contributed by atoms with van der Waals surface area (Å²) in [4.78, 5) is 37.4. The molecule has 1 fully saturated rings. The summed E-state index contributed by atoms with van der Waals surface area (Å²) < 4.78 is 5.27. The number of hydrogen-bond acceptors (Lipinski definition) is 5. The van der Waals surface area contributed by atoms with Gasteiger partial charge in [0.25, 0.3) is 11.8 Å². The molecule has 1 saturated heterocycles. The number of carboxylic acid groups (broad SMARTS) is 1. The van der Waals surface area contributed by atoms with E-state index in [0.717, 1.165) is 5.56 Å². The summed E-state index contributed by atoms with van der Waals surface area (Å²) in [5, 5.41) is 11.4. The van der Waals surface area contributed by atoms with Gasteiger partial charge >= 0.3 is 5.97 Å². The monoisotopic (exact) mass is 410 g/mol. The van der Waals surface area contributed by atoms with E-state index in [1.54, 1.807) is 36.4 Å². The van der Waals surface area contributed by atoms with Gasteiger partial charge in [-0.05, 0) is 62.0 Å². The van der Waals surface area contributed by atoms with Gasteiger partial charge in [-0.2, -0.15) is 0 Å². The number of hydrogen-bond donors (Lipinski definition) is 2. The molecule has 0 aromatic heterocycles. The SMILES string of the molecule is Cc1ccc(N2C(=O)/C(=C/c3ccc(O[C@H](C)C(=O)O)cc3)C(=O)NC2=S)cc1. The van der Waals surface area contributed by atoms with Crippen LogP contribution in [-0.4, -0.2) is 34.1 Å². The Balaban J connectivity index is 1.86. The molecule has 0 radical (unpaired) electrons. The zero-order valence-corrected chi connectivity index (χ0v) is 16.5. The Labute approximate surface area is 172 Å². The first-order valence-corrected chi connectivity index (χ1v) is 9.15. The molecular formula is C21H18N2O5S. The van der Waals surface area contributed by atoms with Gasteiger partial charge in [-0.25, -0.2) is 4.79 Å². The molecule has 1 aliphatic rings. The van der Waals surface area contributed by atoms with Crippen LogP contribution in [0.1, 0.15) is 18.1 Å². The number of benzene rings is 2. The number of rotatable bonds is 5. The molecular weight excluding hydrogens is 392 g/mol. The summed E-state index contributed by atoms with van der Waals surface area (Å²) in [5.41, 5.74) is 2.11. The Morgan fingerprint density at radius 1 is 1.14 bits per heavy atom. The van der Waals surface area contributed by atoms with Gasteiger partial charge in [-0.3, -0.25) is 19.8 Å². The normalized spacial score (nSPS) is 16.6. The lowest BCUT2D eigenvalue weighted by molar-refractivity contribution is -0.144. The van der Waals surface area contributed by atoms with Crippen LogP contribution in [0.2, 0.25) is 0 Å². The molecule has 0 bridgehead atoms. The molecule has 0 aliphatic carbocycles. The van der Waals surface area contributed by atoms with Crippen LogP contribution in [0.3, 0.4) is 0 Å². The second-order valence-electron chi connectivity index (χ2n) is 6.46. The Morgan fingerprint density at radius 3 is 2.34 bits per heavy atom. The smallest absolute Gasteiger partial charge is 0.344 e. The van der Waals surface area contributed by atoms with Crippen molar-refractivity contribution >= 4 is 46.9 Å². The minimum Gasteiger partial charge on any atom is -0.479 e. The highest BCUT2D eigenvalue weighted by Gasteiger charge is 2.34. The number of carbonyl (C=O) groups is 3. The van der Waals surface area contributed by atoms with Crippen LogP contribution in [-0.2, 0) is 14.4 Å². The quantitative estimate of drug-likeness (QED) is 0.447. The van der Waals surface area contributed by atoms with E-state index in [-0.39, 0.29) is 10.7 Å². The molecule has 2 aromatic rings. The number of nitrogens with one attached hydrogen (secondary N) is 1. The number of nitrogens with zero attached hydrogens (tertiary/aromatic N) is 1. The van der Waals surface area contributed by atoms with E-state index >= 15 is 0 Å². The predicted molar refractivity (Wildman–Crippen MR) is 112 cm³/mol. The highest BCUT2D eigenvalue weighted by molar-refractivity contribution is 7.80. The van der Waals surface area contributed by atoms with Crippen molar-refractivity contribution in [3.63, 3.8) is 0 Å². The van der Waals surface area contributed by atoms with Crippen LogP contribution in [0.15, 0.2) is 54.1 Å². The van der Waals surface area contributed by atoms with Crippen LogP contribution in [0, 0.1) is 6.92 Å². The van der Waals surface area contributed by atoms with E-state index in [0.29, 0.717) is 17.0 Å². The zero-order chi connectivity index (χ0) is 21.1. The van der Waals surface area contributed by atoms with E-state index < -0.39 is 23.9 Å². The maximum absolute atomic E-state index is 12.9. The van der Waals surface area contributed by atoms with Gasteiger partial charge < -0.3 is 9.84 Å². The number of carbonyl (C=O) groups excluding carboxylic acids is 2. The van der Waals surface area contributed by atoms with E-state index in [9.17, 15) is 14.4 Å². The van der Waals surface area contributed by atoms with Crippen molar-refractivity contribution in [1.82, 2.24) is 5.32 Å². The summed E-state index contributed by atoms with van der Waals surface area (Å²) in [5.74, 6) is -1.82. The van der Waals surface area contributed by atoms with Crippen molar-refractivity contribution < 1.29 is 24.2 Å².